The second kappa shape index (κ2) is 7.22. The van der Waals surface area contributed by atoms with Gasteiger partial charge < -0.3 is 10.6 Å². The highest BCUT2D eigenvalue weighted by atomic mass is 32.1. The van der Waals surface area contributed by atoms with Gasteiger partial charge in [0.2, 0.25) is 0 Å². The number of benzene rings is 1. The first-order valence-electron chi connectivity index (χ1n) is 7.57. The number of rotatable bonds is 5. The number of tetrazole rings is 1. The third-order valence-corrected chi connectivity index (χ3v) is 4.45. The van der Waals surface area contributed by atoms with Crippen molar-refractivity contribution in [3.05, 3.63) is 58.0 Å². The Morgan fingerprint density at radius 1 is 1.25 bits per heavy atom. The SMILES string of the molecule is Cc1ccc(CNC(=O)N[C@H](C)c2nnnn2-c2ccccc2)s1. The molecule has 2 N–H and O–H groups in total. The van der Waals surface area contributed by atoms with Gasteiger partial charge in [0.15, 0.2) is 5.82 Å². The summed E-state index contributed by atoms with van der Waals surface area (Å²) in [7, 11) is 0. The largest absolute Gasteiger partial charge is 0.333 e. The van der Waals surface area contributed by atoms with Crippen LogP contribution in [0.15, 0.2) is 42.5 Å². The number of nitrogens with one attached hydrogen (secondary N) is 2. The fourth-order valence-corrected chi connectivity index (χ4v) is 3.11. The molecule has 124 valence electrons. The lowest BCUT2D eigenvalue weighted by molar-refractivity contribution is 0.237. The summed E-state index contributed by atoms with van der Waals surface area (Å²) < 4.78 is 1.62. The van der Waals surface area contributed by atoms with Crippen molar-refractivity contribution in [3.8, 4) is 5.69 Å². The first-order valence-corrected chi connectivity index (χ1v) is 8.38. The minimum atomic E-state index is -0.328. The molecule has 1 aromatic carbocycles. The topological polar surface area (TPSA) is 84.7 Å². The molecule has 0 fully saturated rings. The summed E-state index contributed by atoms with van der Waals surface area (Å²) >= 11 is 1.67. The average Bonchev–Trinajstić information content (AvgIpc) is 3.22. The summed E-state index contributed by atoms with van der Waals surface area (Å²) in [4.78, 5) is 14.4. The normalized spacial score (nSPS) is 11.9. The highest BCUT2D eigenvalue weighted by Crippen LogP contribution is 2.15. The first kappa shape index (κ1) is 16.1. The Balaban J connectivity index is 1.62. The van der Waals surface area contributed by atoms with Crippen molar-refractivity contribution < 1.29 is 4.79 Å². The highest BCUT2D eigenvalue weighted by Gasteiger charge is 2.17. The molecule has 0 aliphatic heterocycles. The zero-order valence-corrected chi connectivity index (χ0v) is 14.2. The van der Waals surface area contributed by atoms with Crippen LogP contribution in [-0.2, 0) is 6.54 Å². The molecule has 2 aromatic heterocycles. The van der Waals surface area contributed by atoms with Crippen molar-refractivity contribution in [1.29, 1.82) is 0 Å². The number of hydrogen-bond acceptors (Lipinski definition) is 5. The molecule has 0 aliphatic rings. The third kappa shape index (κ3) is 3.77. The number of aryl methyl sites for hydroxylation is 1. The van der Waals surface area contributed by atoms with Crippen LogP contribution in [-0.4, -0.2) is 26.2 Å². The summed E-state index contributed by atoms with van der Waals surface area (Å²) in [5, 5.41) is 17.4. The number of carbonyl (C=O) groups excluding carboxylic acids is 1. The van der Waals surface area contributed by atoms with E-state index in [4.69, 9.17) is 0 Å². The molecular formula is C16H18N6OS. The van der Waals surface area contributed by atoms with E-state index < -0.39 is 0 Å². The lowest BCUT2D eigenvalue weighted by Gasteiger charge is -2.14. The van der Waals surface area contributed by atoms with Gasteiger partial charge in [-0.1, -0.05) is 18.2 Å². The Bertz CT molecular complexity index is 813. The maximum Gasteiger partial charge on any atom is 0.315 e. The number of carbonyl (C=O) groups is 1. The molecule has 3 rings (SSSR count). The van der Waals surface area contributed by atoms with Crippen LogP contribution in [0.25, 0.3) is 5.69 Å². The summed E-state index contributed by atoms with van der Waals surface area (Å²) in [6.07, 6.45) is 0. The van der Waals surface area contributed by atoms with Gasteiger partial charge in [-0.15, -0.1) is 16.4 Å². The molecule has 0 bridgehead atoms. The molecule has 0 aliphatic carbocycles. The van der Waals surface area contributed by atoms with Gasteiger partial charge >= 0.3 is 6.03 Å². The number of aromatic nitrogens is 4. The Morgan fingerprint density at radius 2 is 2.04 bits per heavy atom. The van der Waals surface area contributed by atoms with Crippen LogP contribution in [0.1, 0.15) is 28.5 Å². The van der Waals surface area contributed by atoms with E-state index in [1.807, 2.05) is 56.3 Å². The van der Waals surface area contributed by atoms with Crippen molar-refractivity contribution in [2.45, 2.75) is 26.4 Å². The number of hydrogen-bond donors (Lipinski definition) is 2. The fraction of sp³-hybridized carbons (Fsp3) is 0.250. The second-order valence-electron chi connectivity index (χ2n) is 5.35. The van der Waals surface area contributed by atoms with Gasteiger partial charge in [-0.3, -0.25) is 0 Å². The lowest BCUT2D eigenvalue weighted by Crippen LogP contribution is -2.37. The predicted molar refractivity (Wildman–Crippen MR) is 92.0 cm³/mol. The number of para-hydroxylation sites is 1. The standard InChI is InChI=1S/C16H18N6OS/c1-11-8-9-14(24-11)10-17-16(23)18-12(2)15-19-20-21-22(15)13-6-4-3-5-7-13/h3-9,12H,10H2,1-2H3,(H2,17,18,23)/t12-/m1/s1. The maximum atomic E-state index is 12.1. The molecule has 8 heteroatoms. The van der Waals surface area contributed by atoms with Gasteiger partial charge in [0, 0.05) is 9.75 Å². The first-order chi connectivity index (χ1) is 11.6. The van der Waals surface area contributed by atoms with Gasteiger partial charge in [0.25, 0.3) is 0 Å². The smallest absolute Gasteiger partial charge is 0.315 e. The fourth-order valence-electron chi connectivity index (χ4n) is 2.28. The molecule has 1 atom stereocenters. The van der Waals surface area contributed by atoms with Gasteiger partial charge in [-0.2, -0.15) is 4.68 Å². The van der Waals surface area contributed by atoms with Crippen LogP contribution >= 0.6 is 11.3 Å². The Kier molecular flexibility index (Phi) is 4.85. The molecule has 0 spiro atoms. The van der Waals surface area contributed by atoms with Crippen LogP contribution in [0.4, 0.5) is 4.79 Å². The number of amides is 2. The second-order valence-corrected chi connectivity index (χ2v) is 6.72. The van der Waals surface area contributed by atoms with E-state index in [9.17, 15) is 4.79 Å². The van der Waals surface area contributed by atoms with Crippen molar-refractivity contribution in [1.82, 2.24) is 30.8 Å². The van der Waals surface area contributed by atoms with E-state index in [2.05, 4.69) is 26.2 Å². The number of urea groups is 1. The maximum absolute atomic E-state index is 12.1. The molecule has 2 amide bonds. The quantitative estimate of drug-likeness (QED) is 0.746. The molecule has 0 unspecified atom stereocenters. The van der Waals surface area contributed by atoms with E-state index in [0.717, 1.165) is 10.6 Å². The highest BCUT2D eigenvalue weighted by molar-refractivity contribution is 7.11. The third-order valence-electron chi connectivity index (χ3n) is 3.45. The summed E-state index contributed by atoms with van der Waals surface area (Å²) in [6.45, 7) is 4.39. The zero-order valence-electron chi connectivity index (χ0n) is 13.4. The molecule has 0 saturated heterocycles. The summed E-state index contributed by atoms with van der Waals surface area (Å²) in [6, 6.07) is 13.0. The molecule has 2 heterocycles. The van der Waals surface area contributed by atoms with Gasteiger partial charge in [0.1, 0.15) is 0 Å². The number of thiophene rings is 1. The molecule has 0 radical (unpaired) electrons. The predicted octanol–water partition coefficient (Wildman–Crippen LogP) is 2.59. The van der Waals surface area contributed by atoms with Crippen LogP contribution in [0.5, 0.6) is 0 Å². The average molecular weight is 342 g/mol. The van der Waals surface area contributed by atoms with E-state index in [1.165, 1.54) is 4.88 Å². The number of nitrogens with zero attached hydrogens (tertiary/aromatic N) is 4. The van der Waals surface area contributed by atoms with Crippen molar-refractivity contribution in [3.63, 3.8) is 0 Å². The lowest BCUT2D eigenvalue weighted by atomic mass is 10.3. The van der Waals surface area contributed by atoms with Crippen molar-refractivity contribution in [2.75, 3.05) is 0 Å². The van der Waals surface area contributed by atoms with Gasteiger partial charge in [-0.25, -0.2) is 4.79 Å². The van der Waals surface area contributed by atoms with Crippen LogP contribution in [0.2, 0.25) is 0 Å². The van der Waals surface area contributed by atoms with Crippen LogP contribution in [0, 0.1) is 6.92 Å². The van der Waals surface area contributed by atoms with Gasteiger partial charge in [0.05, 0.1) is 18.3 Å². The van der Waals surface area contributed by atoms with E-state index in [1.54, 1.807) is 16.0 Å². The minimum absolute atomic E-state index is 0.254. The van der Waals surface area contributed by atoms with E-state index >= 15 is 0 Å². The summed E-state index contributed by atoms with van der Waals surface area (Å²) in [5.41, 5.74) is 0.848. The van der Waals surface area contributed by atoms with Crippen LogP contribution in [0.3, 0.4) is 0 Å². The Hall–Kier alpha value is -2.74. The van der Waals surface area contributed by atoms with Gasteiger partial charge in [-0.05, 0) is 48.5 Å². The molecule has 24 heavy (non-hydrogen) atoms. The minimum Gasteiger partial charge on any atom is -0.333 e. The van der Waals surface area contributed by atoms with E-state index in [0.29, 0.717) is 12.4 Å². The molecule has 0 saturated carbocycles. The molecule has 7 nitrogen and oxygen atoms in total. The Morgan fingerprint density at radius 3 is 2.75 bits per heavy atom. The summed E-state index contributed by atoms with van der Waals surface area (Å²) in [5.74, 6) is 0.573. The van der Waals surface area contributed by atoms with Crippen LogP contribution < -0.4 is 10.6 Å². The molecular weight excluding hydrogens is 324 g/mol. The van der Waals surface area contributed by atoms with Crippen molar-refractivity contribution in [2.24, 2.45) is 0 Å². The molecule has 3 aromatic rings. The van der Waals surface area contributed by atoms with Crippen molar-refractivity contribution >= 4 is 17.4 Å². The Labute approximate surface area is 143 Å². The monoisotopic (exact) mass is 342 g/mol. The van der Waals surface area contributed by atoms with E-state index in [-0.39, 0.29) is 12.1 Å². The zero-order chi connectivity index (χ0) is 16.9.